The fraction of sp³-hybridized carbons (Fsp3) is 0.833. The molecule has 0 saturated carbocycles. The number of unbranched alkanes of at least 4 members (excludes halogenated alkanes) is 31. The summed E-state index contributed by atoms with van der Waals surface area (Å²) in [7, 11) is 1.18. The van der Waals surface area contributed by atoms with E-state index in [4.69, 9.17) is 13.8 Å². The van der Waals surface area contributed by atoms with Gasteiger partial charge in [-0.25, -0.2) is 0 Å². The predicted molar refractivity (Wildman–Crippen MR) is 298 cm³/mol. The summed E-state index contributed by atoms with van der Waals surface area (Å²) in [5.74, 6) is -0.549. The first-order valence-corrected chi connectivity index (χ1v) is 30.9. The third-order valence-corrected chi connectivity index (χ3v) is 14.0. The Morgan fingerprint density at radius 1 is 0.514 bits per heavy atom. The number of quaternary nitrogens is 1. The number of hydrogen-bond acceptors (Lipinski definition) is 7. The van der Waals surface area contributed by atoms with E-state index in [1.807, 2.05) is 33.3 Å². The molecule has 3 unspecified atom stereocenters. The van der Waals surface area contributed by atoms with Crippen molar-refractivity contribution in [2.24, 2.45) is 0 Å². The number of amides is 1. The molecule has 0 fully saturated rings. The van der Waals surface area contributed by atoms with Crippen molar-refractivity contribution in [2.45, 2.75) is 283 Å². The Morgan fingerprint density at radius 2 is 0.914 bits per heavy atom. The number of ether oxygens (including phenoxy) is 1. The molecule has 70 heavy (non-hydrogen) atoms. The van der Waals surface area contributed by atoms with Gasteiger partial charge < -0.3 is 28.5 Å². The van der Waals surface area contributed by atoms with Gasteiger partial charge in [-0.05, 0) is 83.1 Å². The maximum Gasteiger partial charge on any atom is 0.306 e. The van der Waals surface area contributed by atoms with E-state index in [-0.39, 0.29) is 24.9 Å². The van der Waals surface area contributed by atoms with E-state index in [2.05, 4.69) is 62.5 Å². The number of allylic oxidation sites excluding steroid dienone is 7. The summed E-state index contributed by atoms with van der Waals surface area (Å²) in [5.41, 5.74) is 0. The molecule has 3 atom stereocenters. The summed E-state index contributed by atoms with van der Waals surface area (Å²) in [6, 6.07) is -0.891. The molecule has 0 aliphatic carbocycles. The lowest BCUT2D eigenvalue weighted by Gasteiger charge is -2.30. The first-order chi connectivity index (χ1) is 33.9. The zero-order valence-corrected chi connectivity index (χ0v) is 47.6. The van der Waals surface area contributed by atoms with Gasteiger partial charge in [-0.2, -0.15) is 0 Å². The fourth-order valence-electron chi connectivity index (χ4n) is 8.44. The van der Waals surface area contributed by atoms with Gasteiger partial charge in [0.15, 0.2) is 0 Å². The van der Waals surface area contributed by atoms with Crippen molar-refractivity contribution in [3.8, 4) is 0 Å². The molecule has 0 aromatic carbocycles. The molecule has 0 spiro atoms. The predicted octanol–water partition coefficient (Wildman–Crippen LogP) is 17.1. The van der Waals surface area contributed by atoms with Crippen LogP contribution in [0.4, 0.5) is 0 Å². The third-order valence-electron chi connectivity index (χ3n) is 13.0. The van der Waals surface area contributed by atoms with Gasteiger partial charge in [0.05, 0.1) is 33.8 Å². The second-order valence-corrected chi connectivity index (χ2v) is 22.5. The number of nitrogens with one attached hydrogen (secondary N) is 1. The van der Waals surface area contributed by atoms with Crippen LogP contribution in [0.3, 0.4) is 0 Å². The van der Waals surface area contributed by atoms with Crippen LogP contribution in [0.2, 0.25) is 0 Å². The van der Waals surface area contributed by atoms with Crippen LogP contribution in [0.5, 0.6) is 0 Å². The molecule has 0 aliphatic heterocycles. The van der Waals surface area contributed by atoms with Gasteiger partial charge in [0.1, 0.15) is 19.3 Å². The van der Waals surface area contributed by atoms with Crippen LogP contribution in [-0.2, 0) is 27.9 Å². The van der Waals surface area contributed by atoms with Gasteiger partial charge in [0, 0.05) is 12.8 Å². The van der Waals surface area contributed by atoms with Crippen molar-refractivity contribution < 1.29 is 37.3 Å². The molecule has 9 nitrogen and oxygen atoms in total. The van der Waals surface area contributed by atoms with Crippen LogP contribution in [0.25, 0.3) is 0 Å². The smallest absolute Gasteiger partial charge is 0.306 e. The number of likely N-dealkylation sites (N-methyl/N-ethyl adjacent to an activating group) is 1. The van der Waals surface area contributed by atoms with Gasteiger partial charge in [-0.3, -0.25) is 14.2 Å². The van der Waals surface area contributed by atoms with E-state index in [9.17, 15) is 19.0 Å². The minimum absolute atomic E-state index is 0.0242. The van der Waals surface area contributed by atoms with Crippen LogP contribution >= 0.6 is 7.82 Å². The molecule has 0 aliphatic rings. The van der Waals surface area contributed by atoms with E-state index < -0.39 is 26.6 Å². The normalized spacial score (nSPS) is 14.1. The van der Waals surface area contributed by atoms with Crippen LogP contribution < -0.4 is 10.2 Å². The number of esters is 1. The quantitative estimate of drug-likeness (QED) is 0.0212. The van der Waals surface area contributed by atoms with E-state index in [0.29, 0.717) is 17.4 Å². The van der Waals surface area contributed by atoms with E-state index in [1.165, 1.54) is 154 Å². The topological polar surface area (TPSA) is 114 Å². The Morgan fingerprint density at radius 3 is 1.37 bits per heavy atom. The molecule has 0 radical (unpaired) electrons. The first kappa shape index (κ1) is 68.0. The second kappa shape index (κ2) is 50.5. The Labute approximate surface area is 433 Å². The number of phosphoric ester groups is 1. The average Bonchev–Trinajstić information content (AvgIpc) is 3.32. The minimum Gasteiger partial charge on any atom is -0.756 e. The van der Waals surface area contributed by atoms with Crippen LogP contribution in [0.1, 0.15) is 271 Å². The SMILES string of the molecule is CC/C=C/C/C=C/CCCCCCCCCC(=O)NC(COP(=O)([O-])OCC[N+](C)(C)C)C(/C=C/CCCCCCCCCCC)OC(=O)CCCCCCCCCCC/C=C/CCCCCCCC. The number of carbonyl (C=O) groups is 2. The highest BCUT2D eigenvalue weighted by Crippen LogP contribution is 2.38. The molecule has 1 N–H and O–H groups in total. The van der Waals surface area contributed by atoms with Crippen LogP contribution in [0, 0.1) is 0 Å². The molecule has 0 aromatic heterocycles. The maximum atomic E-state index is 13.5. The summed E-state index contributed by atoms with van der Waals surface area (Å²) >= 11 is 0. The van der Waals surface area contributed by atoms with Crippen molar-refractivity contribution in [2.75, 3.05) is 40.9 Å². The van der Waals surface area contributed by atoms with Crippen LogP contribution in [-0.4, -0.2) is 69.4 Å². The average molecular weight is 1010 g/mol. The standard InChI is InChI=1S/C60H113N2O7P/c1-7-10-13-16-19-22-25-27-29-30-31-32-33-35-38-41-44-47-50-53-60(64)69-58(51-48-45-42-39-36-24-21-18-15-12-9-3)57(56-68-70(65,66)67-55-54-62(4,5)6)61-59(63)52-49-46-43-40-37-34-28-26-23-20-17-14-11-8-2/h11,14,20,23,27,29,48,51,57-58H,7-10,12-13,15-19,21-22,24-26,28,30-47,49-50,52-56H2,1-6H3,(H-,61,63,65,66)/b14-11+,23-20+,29-27+,51-48+. The number of carbonyl (C=O) groups excluding carboxylic acids is 2. The Hall–Kier alpha value is -2.03. The summed E-state index contributed by atoms with van der Waals surface area (Å²) in [5, 5.41) is 3.02. The minimum atomic E-state index is -4.69. The molecule has 0 bridgehead atoms. The highest BCUT2D eigenvalue weighted by atomic mass is 31.2. The van der Waals surface area contributed by atoms with Crippen molar-refractivity contribution in [1.29, 1.82) is 0 Å². The summed E-state index contributed by atoms with van der Waals surface area (Å²) in [6.45, 7) is 6.73. The molecular weight excluding hydrogens is 892 g/mol. The first-order valence-electron chi connectivity index (χ1n) is 29.4. The maximum absolute atomic E-state index is 13.5. The van der Waals surface area contributed by atoms with Gasteiger partial charge in [-0.1, -0.05) is 224 Å². The van der Waals surface area contributed by atoms with Gasteiger partial charge in [0.25, 0.3) is 7.82 Å². The highest BCUT2D eigenvalue weighted by Gasteiger charge is 2.27. The van der Waals surface area contributed by atoms with E-state index in [0.717, 1.165) is 83.5 Å². The lowest BCUT2D eigenvalue weighted by Crippen LogP contribution is -2.47. The van der Waals surface area contributed by atoms with Crippen molar-refractivity contribution >= 4 is 19.7 Å². The number of phosphoric acid groups is 1. The number of rotatable bonds is 53. The molecule has 0 saturated heterocycles. The monoisotopic (exact) mass is 1000 g/mol. The van der Waals surface area contributed by atoms with Crippen molar-refractivity contribution in [1.82, 2.24) is 5.32 Å². The molecule has 0 aromatic rings. The fourth-order valence-corrected chi connectivity index (χ4v) is 9.16. The Kier molecular flexibility index (Phi) is 49.0. The zero-order valence-electron chi connectivity index (χ0n) is 46.7. The van der Waals surface area contributed by atoms with Crippen molar-refractivity contribution in [3.63, 3.8) is 0 Å². The number of nitrogens with zero attached hydrogens (tertiary/aromatic N) is 1. The molecule has 10 heteroatoms. The largest absolute Gasteiger partial charge is 0.756 e. The Balaban J connectivity index is 5.25. The molecule has 1 amide bonds. The molecular formula is C60H113N2O7P. The molecule has 0 rings (SSSR count). The molecule has 0 heterocycles. The van der Waals surface area contributed by atoms with Crippen molar-refractivity contribution in [3.05, 3.63) is 48.6 Å². The van der Waals surface area contributed by atoms with Gasteiger partial charge >= 0.3 is 5.97 Å². The lowest BCUT2D eigenvalue weighted by atomic mass is 10.0. The van der Waals surface area contributed by atoms with E-state index >= 15 is 0 Å². The number of hydrogen-bond donors (Lipinski definition) is 1. The van der Waals surface area contributed by atoms with Crippen LogP contribution in [0.15, 0.2) is 48.6 Å². The summed E-state index contributed by atoms with van der Waals surface area (Å²) < 4.78 is 30.2. The van der Waals surface area contributed by atoms with Gasteiger partial charge in [0.2, 0.25) is 5.91 Å². The summed E-state index contributed by atoms with van der Waals surface area (Å²) in [4.78, 5) is 39.8. The third kappa shape index (κ3) is 50.9. The zero-order chi connectivity index (χ0) is 51.5. The Bertz CT molecular complexity index is 1340. The highest BCUT2D eigenvalue weighted by molar-refractivity contribution is 7.45. The lowest BCUT2D eigenvalue weighted by molar-refractivity contribution is -0.870. The molecule has 410 valence electrons. The second-order valence-electron chi connectivity index (χ2n) is 21.1. The van der Waals surface area contributed by atoms with Gasteiger partial charge in [-0.15, -0.1) is 0 Å². The summed E-state index contributed by atoms with van der Waals surface area (Å²) in [6.07, 6.45) is 60.8. The van der Waals surface area contributed by atoms with E-state index in [1.54, 1.807) is 0 Å².